The number of hydrogen-bond acceptors (Lipinski definition) is 3. The van der Waals surface area contributed by atoms with Crippen LogP contribution in [0.1, 0.15) is 46.5 Å². The van der Waals surface area contributed by atoms with Crippen LogP contribution in [0.15, 0.2) is 0 Å². The number of rotatable bonds is 0. The molecular formula is C14H21F2NO3. The third-order valence-electron chi connectivity index (χ3n) is 4.10. The van der Waals surface area contributed by atoms with Crippen molar-refractivity contribution < 1.29 is 23.1 Å². The first-order valence-electron chi connectivity index (χ1n) is 6.96. The number of ether oxygens (including phenoxy) is 1. The van der Waals surface area contributed by atoms with Crippen LogP contribution in [0.2, 0.25) is 0 Å². The highest BCUT2D eigenvalue weighted by Crippen LogP contribution is 2.49. The molecule has 2 aliphatic rings. The number of amides is 1. The second-order valence-corrected chi connectivity index (χ2v) is 6.78. The van der Waals surface area contributed by atoms with Gasteiger partial charge in [-0.25, -0.2) is 4.79 Å². The maximum Gasteiger partial charge on any atom is 0.410 e. The van der Waals surface area contributed by atoms with E-state index in [0.29, 0.717) is 25.9 Å². The Hall–Kier alpha value is -1.20. The molecule has 4 nitrogen and oxygen atoms in total. The number of Topliss-reactive ketones (excluding diaryl/α,β-unsaturated/α-hetero) is 1. The Bertz CT molecular complexity index is 421. The Morgan fingerprint density at radius 2 is 1.70 bits per heavy atom. The first-order chi connectivity index (χ1) is 9.06. The van der Waals surface area contributed by atoms with Crippen LogP contribution in [0.25, 0.3) is 0 Å². The highest BCUT2D eigenvalue weighted by Gasteiger charge is 2.58. The third-order valence-corrected chi connectivity index (χ3v) is 4.10. The fraction of sp³-hybridized carbons (Fsp3) is 0.857. The van der Waals surface area contributed by atoms with Crippen molar-refractivity contribution in [3.63, 3.8) is 0 Å². The zero-order chi connectivity index (χ0) is 15.2. The van der Waals surface area contributed by atoms with Crippen LogP contribution < -0.4 is 0 Å². The fourth-order valence-electron chi connectivity index (χ4n) is 2.93. The van der Waals surface area contributed by atoms with Crippen molar-refractivity contribution in [2.75, 3.05) is 13.1 Å². The van der Waals surface area contributed by atoms with Crippen LogP contribution in [-0.2, 0) is 9.53 Å². The molecule has 114 valence electrons. The number of piperidine rings is 1. The minimum absolute atomic E-state index is 0.223. The second-order valence-electron chi connectivity index (χ2n) is 6.78. The van der Waals surface area contributed by atoms with E-state index in [1.807, 2.05) is 0 Å². The fourth-order valence-corrected chi connectivity index (χ4v) is 2.93. The maximum atomic E-state index is 13.4. The summed E-state index contributed by atoms with van der Waals surface area (Å²) in [6.07, 6.45) is 0.0326. The lowest BCUT2D eigenvalue weighted by atomic mass is 9.76. The minimum Gasteiger partial charge on any atom is -0.444 e. The number of halogens is 2. The van der Waals surface area contributed by atoms with Gasteiger partial charge in [-0.1, -0.05) is 0 Å². The Kier molecular flexibility index (Phi) is 3.55. The van der Waals surface area contributed by atoms with Gasteiger partial charge in [-0.15, -0.1) is 0 Å². The monoisotopic (exact) mass is 289 g/mol. The molecule has 1 saturated carbocycles. The van der Waals surface area contributed by atoms with Crippen molar-refractivity contribution >= 4 is 11.9 Å². The summed E-state index contributed by atoms with van der Waals surface area (Å²) in [7, 11) is 0. The van der Waals surface area contributed by atoms with Crippen molar-refractivity contribution in [1.82, 2.24) is 4.90 Å². The Morgan fingerprint density at radius 1 is 1.15 bits per heavy atom. The molecule has 20 heavy (non-hydrogen) atoms. The van der Waals surface area contributed by atoms with Crippen LogP contribution in [0.5, 0.6) is 0 Å². The van der Waals surface area contributed by atoms with Gasteiger partial charge in [0, 0.05) is 24.9 Å². The average molecular weight is 289 g/mol. The van der Waals surface area contributed by atoms with E-state index < -0.39 is 28.8 Å². The van der Waals surface area contributed by atoms with Gasteiger partial charge in [0.05, 0.1) is 0 Å². The number of carbonyl (C=O) groups is 2. The smallest absolute Gasteiger partial charge is 0.410 e. The first-order valence-corrected chi connectivity index (χ1v) is 6.96. The summed E-state index contributed by atoms with van der Waals surface area (Å²) in [5, 5.41) is 0. The molecule has 0 radical (unpaired) electrons. The lowest BCUT2D eigenvalue weighted by Gasteiger charge is -2.38. The summed E-state index contributed by atoms with van der Waals surface area (Å²) in [4.78, 5) is 25.2. The molecule has 2 rings (SSSR count). The van der Waals surface area contributed by atoms with E-state index in [4.69, 9.17) is 4.74 Å². The van der Waals surface area contributed by atoms with Crippen molar-refractivity contribution in [2.24, 2.45) is 5.41 Å². The van der Waals surface area contributed by atoms with E-state index in [9.17, 15) is 18.4 Å². The molecule has 0 N–H and O–H groups in total. The molecule has 1 heterocycles. The van der Waals surface area contributed by atoms with E-state index in [2.05, 4.69) is 0 Å². The van der Waals surface area contributed by atoms with Gasteiger partial charge in [0.15, 0.2) is 0 Å². The molecule has 0 bridgehead atoms. The molecule has 1 amide bonds. The normalized spacial score (nSPS) is 25.1. The van der Waals surface area contributed by atoms with Crippen LogP contribution in [0, 0.1) is 5.41 Å². The van der Waals surface area contributed by atoms with Gasteiger partial charge in [0.2, 0.25) is 5.78 Å². The number of likely N-dealkylation sites (tertiary alicyclic amines) is 1. The Morgan fingerprint density at radius 3 is 2.10 bits per heavy atom. The third kappa shape index (κ3) is 2.79. The number of nitrogens with zero attached hydrogens (tertiary/aromatic N) is 1. The van der Waals surface area contributed by atoms with E-state index in [1.54, 1.807) is 20.8 Å². The summed E-state index contributed by atoms with van der Waals surface area (Å²) >= 11 is 0. The largest absolute Gasteiger partial charge is 0.444 e. The van der Waals surface area contributed by atoms with E-state index >= 15 is 0 Å². The predicted molar refractivity (Wildman–Crippen MR) is 68.7 cm³/mol. The van der Waals surface area contributed by atoms with Crippen molar-refractivity contribution in [1.29, 1.82) is 0 Å². The van der Waals surface area contributed by atoms with Crippen LogP contribution in [-0.4, -0.2) is 41.4 Å². The summed E-state index contributed by atoms with van der Waals surface area (Å²) in [6, 6.07) is 0. The zero-order valence-corrected chi connectivity index (χ0v) is 12.2. The minimum atomic E-state index is -3.19. The standard InChI is InChI=1S/C14H21F2NO3/c1-12(2,3)20-11(19)17-8-6-13(7-9-17)4-5-14(15,16)10(13)18/h4-9H2,1-3H3. The lowest BCUT2D eigenvalue weighted by Crippen LogP contribution is -2.48. The molecule has 0 aromatic heterocycles. The van der Waals surface area contributed by atoms with E-state index in [1.165, 1.54) is 4.90 Å². The van der Waals surface area contributed by atoms with Gasteiger partial charge in [-0.05, 0) is 40.0 Å². The molecule has 0 aromatic carbocycles. The molecule has 1 aliphatic carbocycles. The molecule has 1 spiro atoms. The first kappa shape index (κ1) is 15.2. The SMILES string of the molecule is CC(C)(C)OC(=O)N1CCC2(CC1)CCC(F)(F)C2=O. The number of carbonyl (C=O) groups excluding carboxylic acids is 2. The van der Waals surface area contributed by atoms with Crippen LogP contribution in [0.4, 0.5) is 13.6 Å². The van der Waals surface area contributed by atoms with Gasteiger partial charge >= 0.3 is 12.0 Å². The molecule has 1 aliphatic heterocycles. The van der Waals surface area contributed by atoms with Crippen molar-refractivity contribution in [2.45, 2.75) is 58.0 Å². The van der Waals surface area contributed by atoms with Crippen molar-refractivity contribution in [3.8, 4) is 0 Å². The average Bonchev–Trinajstić information content (AvgIpc) is 2.53. The molecule has 0 unspecified atom stereocenters. The molecule has 6 heteroatoms. The second kappa shape index (κ2) is 4.67. The molecule has 0 aromatic rings. The zero-order valence-electron chi connectivity index (χ0n) is 12.2. The molecule has 2 fully saturated rings. The summed E-state index contributed by atoms with van der Waals surface area (Å²) in [6.45, 7) is 5.93. The summed E-state index contributed by atoms with van der Waals surface area (Å²) in [5.41, 5.74) is -1.51. The van der Waals surface area contributed by atoms with Gasteiger partial charge in [-0.2, -0.15) is 8.78 Å². The summed E-state index contributed by atoms with van der Waals surface area (Å²) in [5.74, 6) is -4.12. The van der Waals surface area contributed by atoms with Gasteiger partial charge < -0.3 is 9.64 Å². The maximum absolute atomic E-state index is 13.4. The molecule has 0 atom stereocenters. The van der Waals surface area contributed by atoms with Crippen LogP contribution >= 0.6 is 0 Å². The number of ketones is 1. The molecule has 1 saturated heterocycles. The van der Waals surface area contributed by atoms with E-state index in [-0.39, 0.29) is 12.8 Å². The van der Waals surface area contributed by atoms with E-state index in [0.717, 1.165) is 0 Å². The Labute approximate surface area is 117 Å². The summed E-state index contributed by atoms with van der Waals surface area (Å²) < 4.78 is 32.0. The predicted octanol–water partition coefficient (Wildman–Crippen LogP) is 3.00. The number of alkyl halides is 2. The van der Waals surface area contributed by atoms with Gasteiger partial charge in [0.25, 0.3) is 0 Å². The lowest BCUT2D eigenvalue weighted by molar-refractivity contribution is -0.147. The van der Waals surface area contributed by atoms with Crippen molar-refractivity contribution in [3.05, 3.63) is 0 Å². The quantitative estimate of drug-likeness (QED) is 0.688. The van der Waals surface area contributed by atoms with Crippen LogP contribution in [0.3, 0.4) is 0 Å². The van der Waals surface area contributed by atoms with Gasteiger partial charge in [-0.3, -0.25) is 4.79 Å². The highest BCUT2D eigenvalue weighted by atomic mass is 19.3. The van der Waals surface area contributed by atoms with Gasteiger partial charge in [0.1, 0.15) is 5.60 Å². The highest BCUT2D eigenvalue weighted by molar-refractivity contribution is 5.93. The Balaban J connectivity index is 1.97. The topological polar surface area (TPSA) is 46.6 Å². The number of hydrogen-bond donors (Lipinski definition) is 0. The molecular weight excluding hydrogens is 268 g/mol.